The summed E-state index contributed by atoms with van der Waals surface area (Å²) in [5.74, 6) is 1.42. The number of rotatable bonds is 9. The van der Waals surface area contributed by atoms with Crippen LogP contribution in [0.3, 0.4) is 0 Å². The number of nitrogens with zero attached hydrogens (tertiary/aromatic N) is 6. The summed E-state index contributed by atoms with van der Waals surface area (Å²) in [6.45, 7) is 6.25. The number of hydrogen-bond acceptors (Lipinski definition) is 9. The van der Waals surface area contributed by atoms with E-state index in [1.807, 2.05) is 29.3 Å². The van der Waals surface area contributed by atoms with Crippen molar-refractivity contribution in [3.05, 3.63) is 24.7 Å². The molecule has 0 unspecified atom stereocenters. The van der Waals surface area contributed by atoms with Crippen LogP contribution < -0.4 is 10.6 Å². The SMILES string of the molecule is OCCCn1ccc2nc(Nc3cnn(C4CCOCC4)c3)nc(N[C@H]3CC[C@H](N4CCOCC4)CC3)c21. The molecule has 38 heavy (non-hydrogen) atoms. The van der Waals surface area contributed by atoms with Crippen molar-refractivity contribution >= 4 is 28.5 Å². The van der Waals surface area contributed by atoms with E-state index in [0.29, 0.717) is 30.5 Å². The Labute approximate surface area is 223 Å². The molecule has 2 aliphatic heterocycles. The van der Waals surface area contributed by atoms with Gasteiger partial charge >= 0.3 is 0 Å². The smallest absolute Gasteiger partial charge is 0.229 e. The third-order valence-electron chi connectivity index (χ3n) is 8.19. The number of aliphatic hydroxyl groups excluding tert-OH is 1. The molecule has 3 aromatic rings. The van der Waals surface area contributed by atoms with Crippen LogP contribution in [0.5, 0.6) is 0 Å². The maximum Gasteiger partial charge on any atom is 0.229 e. The van der Waals surface area contributed by atoms with Gasteiger partial charge in [-0.15, -0.1) is 0 Å². The maximum atomic E-state index is 9.41. The minimum atomic E-state index is 0.158. The first-order chi connectivity index (χ1) is 18.8. The first-order valence-electron chi connectivity index (χ1n) is 14.2. The minimum Gasteiger partial charge on any atom is -0.396 e. The molecule has 5 heterocycles. The van der Waals surface area contributed by atoms with E-state index in [4.69, 9.17) is 19.4 Å². The quantitative estimate of drug-likeness (QED) is 0.388. The van der Waals surface area contributed by atoms with Crippen molar-refractivity contribution in [1.82, 2.24) is 29.2 Å². The highest BCUT2D eigenvalue weighted by Crippen LogP contribution is 2.30. The minimum absolute atomic E-state index is 0.158. The van der Waals surface area contributed by atoms with Crippen molar-refractivity contribution in [2.24, 2.45) is 0 Å². The Balaban J connectivity index is 1.19. The maximum absolute atomic E-state index is 9.41. The number of hydrogen-bond donors (Lipinski definition) is 3. The molecule has 206 valence electrons. The largest absolute Gasteiger partial charge is 0.396 e. The lowest BCUT2D eigenvalue weighted by Gasteiger charge is -2.39. The monoisotopic (exact) mass is 524 g/mol. The molecular weight excluding hydrogens is 484 g/mol. The lowest BCUT2D eigenvalue weighted by molar-refractivity contribution is 0.00791. The molecule has 0 bridgehead atoms. The summed E-state index contributed by atoms with van der Waals surface area (Å²) >= 11 is 0. The number of fused-ring (bicyclic) bond motifs is 1. The Morgan fingerprint density at radius 1 is 0.947 bits per heavy atom. The van der Waals surface area contributed by atoms with Gasteiger partial charge in [-0.25, -0.2) is 4.98 Å². The lowest BCUT2D eigenvalue weighted by Crippen LogP contribution is -2.46. The number of nitrogens with one attached hydrogen (secondary N) is 2. The van der Waals surface area contributed by atoms with Crippen molar-refractivity contribution in [2.45, 2.75) is 69.6 Å². The average Bonchev–Trinajstić information content (AvgIpc) is 3.60. The average molecular weight is 525 g/mol. The highest BCUT2D eigenvalue weighted by Gasteiger charge is 2.28. The summed E-state index contributed by atoms with van der Waals surface area (Å²) in [5.41, 5.74) is 2.77. The predicted octanol–water partition coefficient (Wildman–Crippen LogP) is 3.16. The molecule has 3 aromatic heterocycles. The zero-order valence-corrected chi connectivity index (χ0v) is 22.1. The molecule has 0 spiro atoms. The van der Waals surface area contributed by atoms with Gasteiger partial charge in [-0.3, -0.25) is 9.58 Å². The van der Waals surface area contributed by atoms with E-state index in [-0.39, 0.29) is 6.61 Å². The van der Waals surface area contributed by atoms with Crippen LogP contribution in [0, 0.1) is 0 Å². The van der Waals surface area contributed by atoms with Crippen LogP contribution in [-0.4, -0.2) is 92.5 Å². The van der Waals surface area contributed by atoms with Gasteiger partial charge in [0.2, 0.25) is 5.95 Å². The van der Waals surface area contributed by atoms with Crippen LogP contribution in [0.4, 0.5) is 17.5 Å². The Kier molecular flexibility index (Phi) is 8.05. The zero-order valence-electron chi connectivity index (χ0n) is 22.1. The first kappa shape index (κ1) is 25.5. The molecule has 0 aromatic carbocycles. The number of anilines is 3. The van der Waals surface area contributed by atoms with Crippen molar-refractivity contribution < 1.29 is 14.6 Å². The van der Waals surface area contributed by atoms with Gasteiger partial charge in [-0.2, -0.15) is 10.1 Å². The van der Waals surface area contributed by atoms with Gasteiger partial charge in [0.15, 0.2) is 5.82 Å². The van der Waals surface area contributed by atoms with Crippen molar-refractivity contribution in [3.63, 3.8) is 0 Å². The van der Waals surface area contributed by atoms with Crippen molar-refractivity contribution in [3.8, 4) is 0 Å². The van der Waals surface area contributed by atoms with Gasteiger partial charge in [0, 0.05) is 63.9 Å². The van der Waals surface area contributed by atoms with Gasteiger partial charge in [-0.05, 0) is 51.0 Å². The first-order valence-corrected chi connectivity index (χ1v) is 14.2. The van der Waals surface area contributed by atoms with Crippen molar-refractivity contribution in [1.29, 1.82) is 0 Å². The zero-order chi connectivity index (χ0) is 25.7. The van der Waals surface area contributed by atoms with E-state index < -0.39 is 0 Å². The van der Waals surface area contributed by atoms with E-state index in [2.05, 4.69) is 25.2 Å². The summed E-state index contributed by atoms with van der Waals surface area (Å²) in [4.78, 5) is 12.4. The van der Waals surface area contributed by atoms with Gasteiger partial charge in [0.25, 0.3) is 0 Å². The number of morpholine rings is 1. The fourth-order valence-corrected chi connectivity index (χ4v) is 6.09. The summed E-state index contributed by atoms with van der Waals surface area (Å²) in [7, 11) is 0. The molecule has 1 saturated carbocycles. The molecule has 3 fully saturated rings. The van der Waals surface area contributed by atoms with E-state index in [0.717, 1.165) is 94.3 Å². The fraction of sp³-hybridized carbons (Fsp3) is 0.667. The van der Waals surface area contributed by atoms with Crippen LogP contribution in [0.25, 0.3) is 11.0 Å². The van der Waals surface area contributed by atoms with Crippen LogP contribution in [0.1, 0.15) is 51.0 Å². The van der Waals surface area contributed by atoms with Crippen molar-refractivity contribution in [2.75, 3.05) is 56.8 Å². The van der Waals surface area contributed by atoms with E-state index in [1.54, 1.807) is 0 Å². The summed E-state index contributed by atoms with van der Waals surface area (Å²) in [6.07, 6.45) is 13.2. The normalized spacial score (nSPS) is 23.6. The summed E-state index contributed by atoms with van der Waals surface area (Å²) in [5, 5.41) is 21.2. The van der Waals surface area contributed by atoms with Crippen LogP contribution >= 0.6 is 0 Å². The third-order valence-corrected chi connectivity index (χ3v) is 8.19. The van der Waals surface area contributed by atoms with Gasteiger partial charge in [0.1, 0.15) is 5.52 Å². The molecule has 0 atom stereocenters. The predicted molar refractivity (Wildman–Crippen MR) is 146 cm³/mol. The van der Waals surface area contributed by atoms with Gasteiger partial charge in [-0.1, -0.05) is 0 Å². The molecule has 11 nitrogen and oxygen atoms in total. The third kappa shape index (κ3) is 5.80. The van der Waals surface area contributed by atoms with Crippen LogP contribution in [-0.2, 0) is 16.0 Å². The van der Waals surface area contributed by atoms with E-state index >= 15 is 0 Å². The topological polar surface area (TPSA) is 115 Å². The summed E-state index contributed by atoms with van der Waals surface area (Å²) in [6, 6.07) is 3.43. The lowest BCUT2D eigenvalue weighted by atomic mass is 9.90. The van der Waals surface area contributed by atoms with Gasteiger partial charge < -0.3 is 29.8 Å². The van der Waals surface area contributed by atoms with E-state index in [9.17, 15) is 5.11 Å². The second-order valence-corrected chi connectivity index (χ2v) is 10.7. The molecule has 2 saturated heterocycles. The molecular formula is C27H40N8O3. The number of aliphatic hydroxyl groups is 1. The molecule has 0 radical (unpaired) electrons. The van der Waals surface area contributed by atoms with Crippen LogP contribution in [0.15, 0.2) is 24.7 Å². The molecule has 3 N–H and O–H groups in total. The van der Waals surface area contributed by atoms with E-state index in [1.165, 1.54) is 12.8 Å². The molecule has 3 aliphatic rings. The number of aryl methyl sites for hydroxylation is 1. The second-order valence-electron chi connectivity index (χ2n) is 10.7. The molecule has 0 amide bonds. The standard InChI is InChI=1S/C27H40N8O3/c36-13-1-9-34-10-6-24-25(34)26(29-20-2-4-22(5-3-20)33-11-16-38-17-12-33)32-27(31-24)30-21-18-28-35(19-21)23-7-14-37-15-8-23/h6,10,18-20,22-23,36H,1-5,7-9,11-17H2,(H2,29,30,31,32)/t20-,22-. The Morgan fingerprint density at radius 2 is 1.74 bits per heavy atom. The highest BCUT2D eigenvalue weighted by molar-refractivity contribution is 5.88. The molecule has 11 heteroatoms. The molecule has 6 rings (SSSR count). The Morgan fingerprint density at radius 3 is 2.53 bits per heavy atom. The Hall–Kier alpha value is -2.73. The number of aromatic nitrogens is 5. The number of ether oxygens (including phenoxy) is 2. The second kappa shape index (κ2) is 12.0. The molecule has 1 aliphatic carbocycles. The highest BCUT2D eigenvalue weighted by atomic mass is 16.5. The summed E-state index contributed by atoms with van der Waals surface area (Å²) < 4.78 is 15.2. The van der Waals surface area contributed by atoms with Crippen LogP contribution in [0.2, 0.25) is 0 Å². The van der Waals surface area contributed by atoms with Gasteiger partial charge in [0.05, 0.1) is 36.7 Å². The Bertz CT molecular complexity index is 1180. The fourth-order valence-electron chi connectivity index (χ4n) is 6.09.